The van der Waals surface area contributed by atoms with Gasteiger partial charge in [-0.1, -0.05) is 29.4 Å². The molecule has 1 aromatic carbocycles. The Morgan fingerprint density at radius 3 is 2.67 bits per heavy atom. The Hall–Kier alpha value is -1.64. The molecule has 0 amide bonds. The lowest BCUT2D eigenvalue weighted by Crippen LogP contribution is -2.12. The Kier molecular flexibility index (Phi) is 1.69. The van der Waals surface area contributed by atoms with Gasteiger partial charge in [0.2, 0.25) is 6.39 Å². The van der Waals surface area contributed by atoms with Crippen molar-refractivity contribution < 1.29 is 4.52 Å². The molecule has 0 unspecified atom stereocenters. The van der Waals surface area contributed by atoms with Crippen LogP contribution in [0.5, 0.6) is 0 Å². The summed E-state index contributed by atoms with van der Waals surface area (Å²) >= 11 is 0. The van der Waals surface area contributed by atoms with Gasteiger partial charge in [0.15, 0.2) is 5.82 Å². The summed E-state index contributed by atoms with van der Waals surface area (Å²) in [4.78, 5) is 4.19. The minimum absolute atomic E-state index is 0.0400. The Bertz CT molecular complexity index is 472. The molecular weight excluding hydrogens is 188 g/mol. The van der Waals surface area contributed by atoms with Crippen molar-refractivity contribution in [3.8, 4) is 0 Å². The van der Waals surface area contributed by atoms with Crippen LogP contribution in [-0.4, -0.2) is 10.1 Å². The number of hydrogen-bond donors (Lipinski definition) is 0. The third-order valence-corrected chi connectivity index (χ3v) is 3.20. The second-order valence-corrected chi connectivity index (χ2v) is 4.15. The molecule has 1 aromatic heterocycles. The molecular formula is C12H12N2O. The summed E-state index contributed by atoms with van der Waals surface area (Å²) in [6.07, 6.45) is 3.66. The fourth-order valence-corrected chi connectivity index (χ4v) is 2.23. The fraction of sp³-hybridized carbons (Fsp3) is 0.333. The van der Waals surface area contributed by atoms with Crippen LogP contribution in [0.1, 0.15) is 29.8 Å². The van der Waals surface area contributed by atoms with Crippen LogP contribution in [0.4, 0.5) is 0 Å². The molecule has 3 nitrogen and oxygen atoms in total. The number of benzene rings is 1. The zero-order chi connectivity index (χ0) is 10.3. The van der Waals surface area contributed by atoms with E-state index in [9.17, 15) is 0 Å². The second kappa shape index (κ2) is 2.92. The Morgan fingerprint density at radius 2 is 2.07 bits per heavy atom. The monoisotopic (exact) mass is 200 g/mol. The zero-order valence-electron chi connectivity index (χ0n) is 8.60. The third-order valence-electron chi connectivity index (χ3n) is 3.20. The molecule has 0 radical (unpaired) electrons. The molecule has 1 heterocycles. The molecule has 2 aromatic rings. The fourth-order valence-electron chi connectivity index (χ4n) is 2.23. The van der Waals surface area contributed by atoms with Gasteiger partial charge in [-0.15, -0.1) is 0 Å². The maximum absolute atomic E-state index is 4.84. The predicted molar refractivity (Wildman–Crippen MR) is 55.5 cm³/mol. The molecule has 1 aliphatic carbocycles. The molecule has 1 aliphatic rings. The lowest BCUT2D eigenvalue weighted by Gasteiger charge is -2.13. The van der Waals surface area contributed by atoms with E-state index in [2.05, 4.69) is 41.3 Å². The van der Waals surface area contributed by atoms with Gasteiger partial charge in [-0.05, 0) is 30.9 Å². The van der Waals surface area contributed by atoms with Crippen LogP contribution in [0.3, 0.4) is 0 Å². The average molecular weight is 200 g/mol. The largest absolute Gasteiger partial charge is 0.343 e. The Morgan fingerprint density at radius 1 is 1.27 bits per heavy atom. The quantitative estimate of drug-likeness (QED) is 0.747. The summed E-state index contributed by atoms with van der Waals surface area (Å²) in [5.41, 5.74) is 2.68. The summed E-state index contributed by atoms with van der Waals surface area (Å²) in [6.45, 7) is 2.13. The molecule has 3 rings (SSSR count). The van der Waals surface area contributed by atoms with Crippen molar-refractivity contribution in [3.63, 3.8) is 0 Å². The highest BCUT2D eigenvalue weighted by Crippen LogP contribution is 2.52. The molecule has 0 bridgehead atoms. The molecule has 0 spiro atoms. The highest BCUT2D eigenvalue weighted by atomic mass is 16.5. The van der Waals surface area contributed by atoms with Gasteiger partial charge >= 0.3 is 0 Å². The third kappa shape index (κ3) is 1.19. The van der Waals surface area contributed by atoms with Crippen LogP contribution in [0.25, 0.3) is 0 Å². The zero-order valence-corrected chi connectivity index (χ0v) is 8.60. The molecule has 3 heteroatoms. The number of rotatable bonds is 2. The van der Waals surface area contributed by atoms with Crippen molar-refractivity contribution in [1.29, 1.82) is 0 Å². The van der Waals surface area contributed by atoms with E-state index < -0.39 is 0 Å². The van der Waals surface area contributed by atoms with Gasteiger partial charge in [0.05, 0.1) is 5.41 Å². The smallest absolute Gasteiger partial charge is 0.213 e. The first-order chi connectivity index (χ1) is 7.33. The van der Waals surface area contributed by atoms with Gasteiger partial charge in [-0.25, -0.2) is 0 Å². The average Bonchev–Trinajstić information content (AvgIpc) is 2.87. The number of nitrogens with zero attached hydrogens (tertiary/aromatic N) is 2. The van der Waals surface area contributed by atoms with E-state index in [4.69, 9.17) is 4.52 Å². The van der Waals surface area contributed by atoms with Crippen molar-refractivity contribution in [2.45, 2.75) is 25.2 Å². The summed E-state index contributed by atoms with van der Waals surface area (Å²) in [5.74, 6) is 0.830. The number of aryl methyl sites for hydroxylation is 1. The van der Waals surface area contributed by atoms with Crippen LogP contribution in [0, 0.1) is 6.92 Å². The van der Waals surface area contributed by atoms with E-state index in [-0.39, 0.29) is 5.41 Å². The standard InChI is InChI=1S/C12H12N2O/c1-9-4-2-3-5-10(9)12(6-7-12)11-13-8-15-14-11/h2-5,8H,6-7H2,1H3. The van der Waals surface area contributed by atoms with Crippen LogP contribution in [0.15, 0.2) is 35.2 Å². The van der Waals surface area contributed by atoms with Crippen molar-refractivity contribution in [3.05, 3.63) is 47.6 Å². The van der Waals surface area contributed by atoms with E-state index in [0.29, 0.717) is 0 Å². The summed E-state index contributed by atoms with van der Waals surface area (Å²) in [5, 5.41) is 3.98. The van der Waals surface area contributed by atoms with Gasteiger partial charge in [0.25, 0.3) is 0 Å². The van der Waals surface area contributed by atoms with Crippen molar-refractivity contribution in [2.24, 2.45) is 0 Å². The minimum Gasteiger partial charge on any atom is -0.343 e. The second-order valence-electron chi connectivity index (χ2n) is 4.15. The van der Waals surface area contributed by atoms with Crippen LogP contribution in [-0.2, 0) is 5.41 Å². The summed E-state index contributed by atoms with van der Waals surface area (Å²) in [7, 11) is 0. The lowest BCUT2D eigenvalue weighted by molar-refractivity contribution is 0.406. The van der Waals surface area contributed by atoms with Gasteiger partial charge in [0, 0.05) is 0 Å². The molecule has 15 heavy (non-hydrogen) atoms. The minimum atomic E-state index is 0.0400. The van der Waals surface area contributed by atoms with E-state index in [1.165, 1.54) is 17.5 Å². The van der Waals surface area contributed by atoms with Crippen LogP contribution < -0.4 is 0 Å². The predicted octanol–water partition coefficient (Wildman–Crippen LogP) is 2.46. The van der Waals surface area contributed by atoms with Crippen molar-refractivity contribution >= 4 is 0 Å². The summed E-state index contributed by atoms with van der Waals surface area (Å²) < 4.78 is 4.84. The number of aromatic nitrogens is 2. The maximum atomic E-state index is 4.84. The molecule has 76 valence electrons. The van der Waals surface area contributed by atoms with Crippen molar-refractivity contribution in [1.82, 2.24) is 10.1 Å². The molecule has 0 aliphatic heterocycles. The van der Waals surface area contributed by atoms with E-state index in [1.807, 2.05) is 0 Å². The van der Waals surface area contributed by atoms with Crippen LogP contribution >= 0.6 is 0 Å². The van der Waals surface area contributed by atoms with E-state index >= 15 is 0 Å². The van der Waals surface area contributed by atoms with E-state index in [0.717, 1.165) is 18.7 Å². The SMILES string of the molecule is Cc1ccccc1C1(c2ncon2)CC1. The highest BCUT2D eigenvalue weighted by molar-refractivity contribution is 5.43. The number of hydrogen-bond acceptors (Lipinski definition) is 3. The molecule has 0 atom stereocenters. The normalized spacial score (nSPS) is 17.7. The molecule has 0 N–H and O–H groups in total. The van der Waals surface area contributed by atoms with E-state index in [1.54, 1.807) is 0 Å². The van der Waals surface area contributed by atoms with Gasteiger partial charge in [-0.2, -0.15) is 4.98 Å². The lowest BCUT2D eigenvalue weighted by atomic mass is 9.91. The first-order valence-electron chi connectivity index (χ1n) is 5.16. The first-order valence-corrected chi connectivity index (χ1v) is 5.16. The Labute approximate surface area is 88.1 Å². The van der Waals surface area contributed by atoms with Crippen LogP contribution in [0.2, 0.25) is 0 Å². The maximum Gasteiger partial charge on any atom is 0.213 e. The Balaban J connectivity index is 2.12. The molecule has 1 fully saturated rings. The van der Waals surface area contributed by atoms with Gasteiger partial charge in [-0.3, -0.25) is 0 Å². The molecule has 0 saturated heterocycles. The van der Waals surface area contributed by atoms with Gasteiger partial charge < -0.3 is 4.52 Å². The van der Waals surface area contributed by atoms with Crippen molar-refractivity contribution in [2.75, 3.05) is 0 Å². The summed E-state index contributed by atoms with van der Waals surface area (Å²) in [6, 6.07) is 8.43. The molecule has 1 saturated carbocycles. The van der Waals surface area contributed by atoms with Gasteiger partial charge in [0.1, 0.15) is 0 Å². The topological polar surface area (TPSA) is 38.9 Å². The highest BCUT2D eigenvalue weighted by Gasteiger charge is 2.50. The first kappa shape index (κ1) is 8.65.